The zero-order valence-corrected chi connectivity index (χ0v) is 17.8. The normalized spacial score (nSPS) is 16.2. The Hall–Kier alpha value is -3.22. The number of benzene rings is 2. The van der Waals surface area contributed by atoms with E-state index in [-0.39, 0.29) is 24.3 Å². The first-order valence-electron chi connectivity index (χ1n) is 9.63. The Morgan fingerprint density at radius 1 is 1.03 bits per heavy atom. The minimum absolute atomic E-state index is 0.0711. The van der Waals surface area contributed by atoms with E-state index in [1.54, 1.807) is 45.0 Å². The van der Waals surface area contributed by atoms with Crippen LogP contribution in [-0.2, 0) is 20.7 Å². The largest absolute Gasteiger partial charge is 0.507 e. The molecule has 1 N–H and O–H groups in total. The van der Waals surface area contributed by atoms with E-state index < -0.39 is 23.5 Å². The van der Waals surface area contributed by atoms with Crippen LogP contribution in [0.3, 0.4) is 0 Å². The summed E-state index contributed by atoms with van der Waals surface area (Å²) in [6.07, 6.45) is -0.739. The van der Waals surface area contributed by atoms with Gasteiger partial charge in [-0.2, -0.15) is 0 Å². The van der Waals surface area contributed by atoms with Crippen LogP contribution in [0.25, 0.3) is 11.1 Å². The van der Waals surface area contributed by atoms with Gasteiger partial charge in [0.2, 0.25) is 0 Å². The fraction of sp³-hybridized carbons (Fsp3) is 0.391. The fourth-order valence-corrected chi connectivity index (χ4v) is 3.36. The Kier molecular flexibility index (Phi) is 5.92. The molecule has 0 radical (unpaired) electrons. The minimum atomic E-state index is -0.777. The molecule has 0 saturated heterocycles. The number of hydrogen-bond donors (Lipinski definition) is 1. The maximum absolute atomic E-state index is 12.6. The number of aromatic hydroxyl groups is 1. The average molecular weight is 414 g/mol. The lowest BCUT2D eigenvalue weighted by molar-refractivity contribution is -0.160. The highest BCUT2D eigenvalue weighted by atomic mass is 16.6. The second-order valence-electron chi connectivity index (χ2n) is 8.13. The third kappa shape index (κ3) is 4.20. The highest BCUT2D eigenvalue weighted by Crippen LogP contribution is 2.48. The van der Waals surface area contributed by atoms with Crippen molar-refractivity contribution < 1.29 is 33.6 Å². The molecule has 0 bridgehead atoms. The van der Waals surface area contributed by atoms with Crippen LogP contribution in [0.5, 0.6) is 23.0 Å². The molecular formula is C23H26O7. The van der Waals surface area contributed by atoms with Crippen molar-refractivity contribution in [2.24, 2.45) is 5.41 Å². The molecule has 1 heterocycles. The number of phenols is 1. The maximum Gasteiger partial charge on any atom is 0.314 e. The lowest BCUT2D eigenvalue weighted by Gasteiger charge is -2.24. The smallest absolute Gasteiger partial charge is 0.314 e. The van der Waals surface area contributed by atoms with Crippen molar-refractivity contribution in [2.75, 3.05) is 14.2 Å². The van der Waals surface area contributed by atoms with Crippen LogP contribution in [0.2, 0.25) is 0 Å². The molecule has 1 aliphatic heterocycles. The number of fused-ring (bicyclic) bond motifs is 3. The van der Waals surface area contributed by atoms with Gasteiger partial charge in [-0.25, -0.2) is 0 Å². The first kappa shape index (κ1) is 21.5. The predicted octanol–water partition coefficient (Wildman–Crippen LogP) is 3.89. The summed E-state index contributed by atoms with van der Waals surface area (Å²) in [5, 5.41) is 10.6. The number of methoxy groups -OCH3 is 2. The Balaban J connectivity index is 2.23. The van der Waals surface area contributed by atoms with Crippen LogP contribution in [0, 0.1) is 5.41 Å². The zero-order chi connectivity index (χ0) is 22.1. The average Bonchev–Trinajstić information content (AvgIpc) is 2.72. The lowest BCUT2D eigenvalue weighted by Crippen LogP contribution is -2.31. The lowest BCUT2D eigenvalue weighted by atomic mass is 9.92. The van der Waals surface area contributed by atoms with Crippen molar-refractivity contribution >= 4 is 11.9 Å². The summed E-state index contributed by atoms with van der Waals surface area (Å²) in [4.78, 5) is 25.1. The summed E-state index contributed by atoms with van der Waals surface area (Å²) in [6.45, 7) is 5.23. The van der Waals surface area contributed by atoms with Crippen LogP contribution >= 0.6 is 0 Å². The molecule has 0 saturated carbocycles. The molecule has 1 atom stereocenters. The van der Waals surface area contributed by atoms with E-state index in [0.29, 0.717) is 28.2 Å². The standard InChI is InChI=1S/C23H26O7/c1-23(2,3)22(26)29-13-11-14-16(27-4)9-10-17(28-5)20(14)21-15(24)7-6-8-18(21)30-19(25)12-13/h6-10,13,24H,11-12H2,1-5H3/t13-/m0/s1. The summed E-state index contributed by atoms with van der Waals surface area (Å²) in [7, 11) is 3.04. The van der Waals surface area contributed by atoms with Gasteiger partial charge >= 0.3 is 11.9 Å². The van der Waals surface area contributed by atoms with E-state index in [1.165, 1.54) is 20.3 Å². The number of ether oxygens (including phenoxy) is 4. The molecule has 2 aromatic carbocycles. The molecule has 0 fully saturated rings. The summed E-state index contributed by atoms with van der Waals surface area (Å²) >= 11 is 0. The zero-order valence-electron chi connectivity index (χ0n) is 17.8. The molecule has 0 aromatic heterocycles. The van der Waals surface area contributed by atoms with Crippen LogP contribution in [0.4, 0.5) is 0 Å². The number of esters is 2. The van der Waals surface area contributed by atoms with Crippen molar-refractivity contribution in [1.29, 1.82) is 0 Å². The van der Waals surface area contributed by atoms with Gasteiger partial charge in [-0.05, 0) is 45.0 Å². The van der Waals surface area contributed by atoms with E-state index >= 15 is 0 Å². The van der Waals surface area contributed by atoms with Gasteiger partial charge in [0.25, 0.3) is 0 Å². The monoisotopic (exact) mass is 414 g/mol. The maximum atomic E-state index is 12.6. The molecule has 7 nitrogen and oxygen atoms in total. The highest BCUT2D eigenvalue weighted by Gasteiger charge is 2.33. The van der Waals surface area contributed by atoms with Crippen molar-refractivity contribution in [2.45, 2.75) is 39.7 Å². The number of carbonyl (C=O) groups excluding carboxylic acids is 2. The molecule has 2 aromatic rings. The van der Waals surface area contributed by atoms with Gasteiger partial charge < -0.3 is 24.1 Å². The summed E-state index contributed by atoms with van der Waals surface area (Å²) in [5.41, 5.74) is 0.755. The van der Waals surface area contributed by atoms with Gasteiger partial charge in [-0.15, -0.1) is 0 Å². The first-order chi connectivity index (χ1) is 14.2. The molecule has 0 unspecified atom stereocenters. The topological polar surface area (TPSA) is 91.3 Å². The molecule has 0 spiro atoms. The van der Waals surface area contributed by atoms with E-state index in [0.717, 1.165) is 0 Å². The third-order valence-electron chi connectivity index (χ3n) is 4.86. The quantitative estimate of drug-likeness (QED) is 0.602. The van der Waals surface area contributed by atoms with Crippen molar-refractivity contribution in [3.05, 3.63) is 35.9 Å². The number of hydrogen-bond acceptors (Lipinski definition) is 7. The number of phenolic OH excluding ortho intramolecular Hbond substituents is 1. The summed E-state index contributed by atoms with van der Waals surface area (Å²) in [6, 6.07) is 8.13. The van der Waals surface area contributed by atoms with Crippen LogP contribution in [0.1, 0.15) is 32.8 Å². The van der Waals surface area contributed by atoms with Gasteiger partial charge in [-0.3, -0.25) is 9.59 Å². The minimum Gasteiger partial charge on any atom is -0.507 e. The Morgan fingerprint density at radius 3 is 2.33 bits per heavy atom. The molecule has 1 aliphatic rings. The molecule has 7 heteroatoms. The van der Waals surface area contributed by atoms with Gasteiger partial charge in [0.05, 0.1) is 31.6 Å². The van der Waals surface area contributed by atoms with Crippen LogP contribution in [0.15, 0.2) is 30.3 Å². The second-order valence-corrected chi connectivity index (χ2v) is 8.13. The third-order valence-corrected chi connectivity index (χ3v) is 4.86. The molecule has 160 valence electrons. The number of rotatable bonds is 3. The van der Waals surface area contributed by atoms with Crippen molar-refractivity contribution in [1.82, 2.24) is 0 Å². The molecule has 30 heavy (non-hydrogen) atoms. The van der Waals surface area contributed by atoms with Gasteiger partial charge in [0.15, 0.2) is 0 Å². The molecule has 0 amide bonds. The highest BCUT2D eigenvalue weighted by molar-refractivity contribution is 5.88. The van der Waals surface area contributed by atoms with Gasteiger partial charge in [0, 0.05) is 17.5 Å². The van der Waals surface area contributed by atoms with E-state index in [2.05, 4.69) is 0 Å². The van der Waals surface area contributed by atoms with Crippen LogP contribution < -0.4 is 14.2 Å². The second kappa shape index (κ2) is 8.26. The predicted molar refractivity (Wildman–Crippen MR) is 110 cm³/mol. The Morgan fingerprint density at radius 2 is 1.70 bits per heavy atom. The SMILES string of the molecule is COc1ccc(OC)c2c1C[C@H](OC(=O)C(C)(C)C)CC(=O)Oc1cccc(O)c1-2. The first-order valence-corrected chi connectivity index (χ1v) is 9.63. The Labute approximate surface area is 175 Å². The summed E-state index contributed by atoms with van der Waals surface area (Å²) < 4.78 is 22.3. The molecular weight excluding hydrogens is 388 g/mol. The van der Waals surface area contributed by atoms with E-state index in [4.69, 9.17) is 18.9 Å². The summed E-state index contributed by atoms with van der Waals surface area (Å²) in [5.74, 6) is 0.106. The number of carbonyl (C=O) groups is 2. The molecule has 0 aliphatic carbocycles. The van der Waals surface area contributed by atoms with Crippen molar-refractivity contribution in [3.63, 3.8) is 0 Å². The van der Waals surface area contributed by atoms with E-state index in [1.807, 2.05) is 0 Å². The molecule has 3 rings (SSSR count). The Bertz CT molecular complexity index is 972. The van der Waals surface area contributed by atoms with Crippen molar-refractivity contribution in [3.8, 4) is 34.1 Å². The fourth-order valence-electron chi connectivity index (χ4n) is 3.36. The van der Waals surface area contributed by atoms with E-state index in [9.17, 15) is 14.7 Å². The van der Waals surface area contributed by atoms with Gasteiger partial charge in [-0.1, -0.05) is 6.07 Å². The van der Waals surface area contributed by atoms with Gasteiger partial charge in [0.1, 0.15) is 29.1 Å². The van der Waals surface area contributed by atoms with Crippen LogP contribution in [-0.4, -0.2) is 37.4 Å².